The molecule has 0 saturated carbocycles. The maximum atomic E-state index is 10.8. The summed E-state index contributed by atoms with van der Waals surface area (Å²) >= 11 is 0. The maximum Gasteiger partial charge on any atom is 0.267 e. The van der Waals surface area contributed by atoms with Gasteiger partial charge in [-0.1, -0.05) is 44.5 Å². The molecule has 0 aliphatic carbocycles. The van der Waals surface area contributed by atoms with E-state index in [1.807, 2.05) is 12.1 Å². The first kappa shape index (κ1) is 13.5. The van der Waals surface area contributed by atoms with Gasteiger partial charge in [0.25, 0.3) is 5.91 Å². The molecule has 1 amide bonds. The molecule has 17 heavy (non-hydrogen) atoms. The molecule has 0 aliphatic heterocycles. The molecule has 0 aliphatic rings. The lowest BCUT2D eigenvalue weighted by atomic mass is 9.96. The first-order valence-electron chi connectivity index (χ1n) is 5.89. The fraction of sp³-hybridized carbons (Fsp3) is 0.357. The highest BCUT2D eigenvalue weighted by atomic mass is 16.5. The number of rotatable bonds is 5. The van der Waals surface area contributed by atoms with Gasteiger partial charge in [0.2, 0.25) is 0 Å². The zero-order valence-corrected chi connectivity index (χ0v) is 10.3. The normalized spacial score (nSPS) is 12.6. The minimum atomic E-state index is -0.520. The van der Waals surface area contributed by atoms with Crippen molar-refractivity contribution in [3.63, 3.8) is 0 Å². The van der Waals surface area contributed by atoms with Crippen molar-refractivity contribution in [2.45, 2.75) is 32.6 Å². The molecule has 0 aromatic heterocycles. The van der Waals surface area contributed by atoms with E-state index in [0.717, 1.165) is 5.56 Å². The van der Waals surface area contributed by atoms with Crippen LogP contribution in [0.1, 0.15) is 43.7 Å². The third-order valence-electron chi connectivity index (χ3n) is 2.76. The van der Waals surface area contributed by atoms with Gasteiger partial charge in [0, 0.05) is 6.08 Å². The molecule has 1 unspecified atom stereocenters. The second kappa shape index (κ2) is 6.86. The number of carbonyl (C=O) groups excluding carboxylic acids is 1. The summed E-state index contributed by atoms with van der Waals surface area (Å²) in [4.78, 5) is 10.8. The molecular weight excluding hydrogens is 214 g/mol. The average Bonchev–Trinajstić information content (AvgIpc) is 2.36. The predicted octanol–water partition coefficient (Wildman–Crippen LogP) is 3.11. The van der Waals surface area contributed by atoms with Gasteiger partial charge in [-0.2, -0.15) is 0 Å². The Kier molecular flexibility index (Phi) is 5.43. The fourth-order valence-corrected chi connectivity index (χ4v) is 1.74. The SMILES string of the molecule is CCCC(C)c1ccc(/C=C/C(=O)NO)cc1. The molecule has 2 N–H and O–H groups in total. The minimum Gasteiger partial charge on any atom is -0.288 e. The Labute approximate surface area is 102 Å². The highest BCUT2D eigenvalue weighted by molar-refractivity contribution is 5.90. The van der Waals surface area contributed by atoms with E-state index < -0.39 is 5.91 Å². The number of hydrogen-bond acceptors (Lipinski definition) is 2. The minimum absolute atomic E-state index is 0.520. The maximum absolute atomic E-state index is 10.8. The molecule has 1 rings (SSSR count). The van der Waals surface area contributed by atoms with E-state index in [1.165, 1.54) is 24.5 Å². The number of nitrogens with one attached hydrogen (secondary N) is 1. The Bertz CT molecular complexity index is 382. The van der Waals surface area contributed by atoms with E-state index in [4.69, 9.17) is 5.21 Å². The van der Waals surface area contributed by atoms with Crippen molar-refractivity contribution >= 4 is 12.0 Å². The van der Waals surface area contributed by atoms with E-state index in [-0.39, 0.29) is 0 Å². The van der Waals surface area contributed by atoms with Crippen molar-refractivity contribution in [3.05, 3.63) is 41.5 Å². The molecular formula is C14H19NO2. The van der Waals surface area contributed by atoms with E-state index in [2.05, 4.69) is 26.0 Å². The van der Waals surface area contributed by atoms with E-state index in [1.54, 1.807) is 11.6 Å². The first-order valence-corrected chi connectivity index (χ1v) is 5.89. The average molecular weight is 233 g/mol. The molecule has 3 nitrogen and oxygen atoms in total. The zero-order chi connectivity index (χ0) is 12.7. The second-order valence-corrected chi connectivity index (χ2v) is 4.17. The van der Waals surface area contributed by atoms with Crippen LogP contribution in [0.4, 0.5) is 0 Å². The quantitative estimate of drug-likeness (QED) is 0.466. The van der Waals surface area contributed by atoms with Gasteiger partial charge in [-0.3, -0.25) is 10.0 Å². The molecule has 0 radical (unpaired) electrons. The lowest BCUT2D eigenvalue weighted by Crippen LogP contribution is -2.14. The van der Waals surface area contributed by atoms with E-state index in [0.29, 0.717) is 5.92 Å². The Morgan fingerprint density at radius 3 is 2.59 bits per heavy atom. The van der Waals surface area contributed by atoms with Crippen LogP contribution in [0.3, 0.4) is 0 Å². The monoisotopic (exact) mass is 233 g/mol. The smallest absolute Gasteiger partial charge is 0.267 e. The van der Waals surface area contributed by atoms with Crippen molar-refractivity contribution in [2.24, 2.45) is 0 Å². The molecule has 0 fully saturated rings. The summed E-state index contributed by atoms with van der Waals surface area (Å²) < 4.78 is 0. The molecule has 0 heterocycles. The summed E-state index contributed by atoms with van der Waals surface area (Å²) in [5.41, 5.74) is 3.82. The first-order chi connectivity index (χ1) is 8.17. The van der Waals surface area contributed by atoms with Crippen molar-refractivity contribution in [1.29, 1.82) is 0 Å². The van der Waals surface area contributed by atoms with Crippen LogP contribution < -0.4 is 5.48 Å². The van der Waals surface area contributed by atoms with Gasteiger partial charge < -0.3 is 0 Å². The number of hydrogen-bond donors (Lipinski definition) is 2. The van der Waals surface area contributed by atoms with Gasteiger partial charge in [0.15, 0.2) is 0 Å². The van der Waals surface area contributed by atoms with Crippen LogP contribution in [0.2, 0.25) is 0 Å². The van der Waals surface area contributed by atoms with Crippen LogP contribution in [0, 0.1) is 0 Å². The molecule has 0 spiro atoms. The molecule has 3 heteroatoms. The summed E-state index contributed by atoms with van der Waals surface area (Å²) in [5, 5.41) is 8.34. The molecule has 92 valence electrons. The standard InChI is InChI=1S/C14H19NO2/c1-3-4-11(2)13-8-5-12(6-9-13)7-10-14(16)15-17/h5-11,17H,3-4H2,1-2H3,(H,15,16)/b10-7+. The van der Waals surface area contributed by atoms with Gasteiger partial charge in [-0.15, -0.1) is 0 Å². The van der Waals surface area contributed by atoms with Crippen molar-refractivity contribution in [2.75, 3.05) is 0 Å². The van der Waals surface area contributed by atoms with E-state index >= 15 is 0 Å². The third-order valence-corrected chi connectivity index (χ3v) is 2.76. The number of amides is 1. The third kappa shape index (κ3) is 4.41. The zero-order valence-electron chi connectivity index (χ0n) is 10.3. The van der Waals surface area contributed by atoms with Crippen LogP contribution >= 0.6 is 0 Å². The predicted molar refractivity (Wildman–Crippen MR) is 68.7 cm³/mol. The molecule has 0 bridgehead atoms. The van der Waals surface area contributed by atoms with Crippen LogP contribution in [-0.2, 0) is 4.79 Å². The number of benzene rings is 1. The Morgan fingerprint density at radius 1 is 1.41 bits per heavy atom. The van der Waals surface area contributed by atoms with Gasteiger partial charge in [-0.25, -0.2) is 5.48 Å². The lowest BCUT2D eigenvalue weighted by molar-refractivity contribution is -0.124. The van der Waals surface area contributed by atoms with E-state index in [9.17, 15) is 4.79 Å². The molecule has 1 atom stereocenters. The summed E-state index contributed by atoms with van der Waals surface area (Å²) in [6.45, 7) is 4.40. The summed E-state index contributed by atoms with van der Waals surface area (Å²) in [6.07, 6.45) is 5.33. The van der Waals surface area contributed by atoms with Crippen molar-refractivity contribution in [1.82, 2.24) is 5.48 Å². The number of hydroxylamine groups is 1. The van der Waals surface area contributed by atoms with Gasteiger partial charge in [-0.05, 0) is 29.5 Å². The highest BCUT2D eigenvalue weighted by Crippen LogP contribution is 2.20. The van der Waals surface area contributed by atoms with Crippen LogP contribution in [-0.4, -0.2) is 11.1 Å². The van der Waals surface area contributed by atoms with Crippen molar-refractivity contribution in [3.8, 4) is 0 Å². The Morgan fingerprint density at radius 2 is 2.06 bits per heavy atom. The summed E-state index contributed by atoms with van der Waals surface area (Å²) in [5.74, 6) is 0.0483. The van der Waals surface area contributed by atoms with Gasteiger partial charge in [0.05, 0.1) is 0 Å². The molecule has 1 aromatic rings. The van der Waals surface area contributed by atoms with Crippen LogP contribution in [0.5, 0.6) is 0 Å². The second-order valence-electron chi connectivity index (χ2n) is 4.17. The molecule has 1 aromatic carbocycles. The summed E-state index contributed by atoms with van der Waals surface area (Å²) in [6, 6.07) is 8.11. The van der Waals surface area contributed by atoms with Crippen LogP contribution in [0.15, 0.2) is 30.3 Å². The Hall–Kier alpha value is -1.61. The number of carbonyl (C=O) groups is 1. The van der Waals surface area contributed by atoms with Crippen LogP contribution in [0.25, 0.3) is 6.08 Å². The van der Waals surface area contributed by atoms with Gasteiger partial charge >= 0.3 is 0 Å². The molecule has 0 saturated heterocycles. The van der Waals surface area contributed by atoms with Crippen molar-refractivity contribution < 1.29 is 10.0 Å². The fourth-order valence-electron chi connectivity index (χ4n) is 1.74. The lowest BCUT2D eigenvalue weighted by Gasteiger charge is -2.10. The van der Waals surface area contributed by atoms with Gasteiger partial charge in [0.1, 0.15) is 0 Å². The summed E-state index contributed by atoms with van der Waals surface area (Å²) in [7, 11) is 0. The Balaban J connectivity index is 2.68. The highest BCUT2D eigenvalue weighted by Gasteiger charge is 2.03. The topological polar surface area (TPSA) is 49.3 Å². The largest absolute Gasteiger partial charge is 0.288 e.